The number of thioether (sulfide) groups is 1. The third-order valence-electron chi connectivity index (χ3n) is 4.40. The first-order valence-corrected chi connectivity index (χ1v) is 11.2. The van der Waals surface area contributed by atoms with Crippen molar-refractivity contribution in [3.8, 4) is 0 Å². The Hall–Kier alpha value is -2.18. The van der Waals surface area contributed by atoms with Gasteiger partial charge in [-0.1, -0.05) is 26.2 Å². The van der Waals surface area contributed by atoms with Crippen molar-refractivity contribution < 1.29 is 39.3 Å². The van der Waals surface area contributed by atoms with Crippen LogP contribution in [0.4, 0.5) is 0 Å². The van der Waals surface area contributed by atoms with Gasteiger partial charge in [-0.15, -0.1) is 0 Å². The fourth-order valence-corrected chi connectivity index (χ4v) is 3.83. The second kappa shape index (κ2) is 16.5. The number of nitrogens with two attached hydrogens (primary N) is 1. The standard InChI is InChI=1S/C19H33N3O8S/c1-2-3-4-5-14(24)15(8-9-23)31-11-13(18(28)21-10-17(26)27)22-16(25)7-6-12(20)19(29)30/h9,12-15,24H,2-8,10-11,20H2,1H3,(H,21,28)(H,22,25)(H,26,27)(H,29,30)/t12-,13-,14?,15?/m0/s1. The molecule has 0 fully saturated rings. The van der Waals surface area contributed by atoms with Crippen molar-refractivity contribution in [3.05, 3.63) is 0 Å². The topological polar surface area (TPSA) is 196 Å². The van der Waals surface area contributed by atoms with Gasteiger partial charge < -0.3 is 36.5 Å². The molecule has 0 aromatic heterocycles. The number of unbranched alkanes of at least 4 members (excludes halogenated alkanes) is 2. The molecule has 0 rings (SSSR count). The summed E-state index contributed by atoms with van der Waals surface area (Å²) in [4.78, 5) is 56.9. The van der Waals surface area contributed by atoms with Gasteiger partial charge in [-0.2, -0.15) is 11.8 Å². The summed E-state index contributed by atoms with van der Waals surface area (Å²) in [5, 5.41) is 32.0. The molecule has 0 aromatic rings. The molecule has 0 heterocycles. The number of hydrogen-bond donors (Lipinski definition) is 6. The third kappa shape index (κ3) is 13.7. The fourth-order valence-electron chi connectivity index (χ4n) is 2.59. The van der Waals surface area contributed by atoms with Gasteiger partial charge in [-0.25, -0.2) is 0 Å². The zero-order valence-corrected chi connectivity index (χ0v) is 18.4. The highest BCUT2D eigenvalue weighted by Crippen LogP contribution is 2.22. The Morgan fingerprint density at radius 1 is 1.13 bits per heavy atom. The van der Waals surface area contributed by atoms with Gasteiger partial charge in [0.15, 0.2) is 0 Å². The molecule has 0 bridgehead atoms. The number of carbonyl (C=O) groups excluding carboxylic acids is 3. The van der Waals surface area contributed by atoms with Crippen molar-refractivity contribution >= 4 is 41.8 Å². The van der Waals surface area contributed by atoms with Gasteiger partial charge in [0.25, 0.3) is 0 Å². The quantitative estimate of drug-likeness (QED) is 0.114. The Kier molecular flexibility index (Phi) is 15.3. The number of carbonyl (C=O) groups is 5. The van der Waals surface area contributed by atoms with Crippen molar-refractivity contribution in [1.29, 1.82) is 0 Å². The summed E-state index contributed by atoms with van der Waals surface area (Å²) in [5.41, 5.74) is 5.36. The van der Waals surface area contributed by atoms with Crippen molar-refractivity contribution in [2.24, 2.45) is 5.73 Å². The lowest BCUT2D eigenvalue weighted by Crippen LogP contribution is -2.50. The van der Waals surface area contributed by atoms with Gasteiger partial charge >= 0.3 is 11.9 Å². The number of rotatable bonds is 18. The van der Waals surface area contributed by atoms with Crippen molar-refractivity contribution in [2.75, 3.05) is 12.3 Å². The predicted octanol–water partition coefficient (Wildman–Crippen LogP) is -0.504. The SMILES string of the molecule is CCCCCC(O)C(CC=O)SC[C@H](NC(=O)CC[C@H](N)C(=O)O)C(=O)NCC(=O)O. The summed E-state index contributed by atoms with van der Waals surface area (Å²) >= 11 is 1.13. The average molecular weight is 464 g/mol. The number of carboxylic acids is 2. The number of aliphatic carboxylic acids is 2. The largest absolute Gasteiger partial charge is 0.480 e. The zero-order valence-electron chi connectivity index (χ0n) is 17.6. The van der Waals surface area contributed by atoms with Gasteiger partial charge in [0.05, 0.1) is 6.10 Å². The maximum absolute atomic E-state index is 12.3. The van der Waals surface area contributed by atoms with E-state index in [2.05, 4.69) is 10.6 Å². The fraction of sp³-hybridized carbons (Fsp3) is 0.737. The van der Waals surface area contributed by atoms with E-state index in [-0.39, 0.29) is 25.0 Å². The Morgan fingerprint density at radius 2 is 1.81 bits per heavy atom. The van der Waals surface area contributed by atoms with Crippen LogP contribution in [0.25, 0.3) is 0 Å². The Bertz CT molecular complexity index is 605. The minimum Gasteiger partial charge on any atom is -0.480 e. The van der Waals surface area contributed by atoms with Crippen LogP contribution in [0.2, 0.25) is 0 Å². The van der Waals surface area contributed by atoms with Crippen LogP contribution in [0.3, 0.4) is 0 Å². The third-order valence-corrected chi connectivity index (χ3v) is 5.86. The maximum Gasteiger partial charge on any atom is 0.322 e. The van der Waals surface area contributed by atoms with Crippen LogP contribution in [-0.4, -0.2) is 81.1 Å². The lowest BCUT2D eigenvalue weighted by Gasteiger charge is -2.24. The molecule has 0 aliphatic carbocycles. The van der Waals surface area contributed by atoms with Gasteiger partial charge in [0.1, 0.15) is 24.9 Å². The van der Waals surface area contributed by atoms with E-state index in [1.165, 1.54) is 0 Å². The first-order chi connectivity index (χ1) is 14.6. The van der Waals surface area contributed by atoms with E-state index in [1.807, 2.05) is 6.92 Å². The number of aldehydes is 1. The van der Waals surface area contributed by atoms with E-state index in [0.717, 1.165) is 31.0 Å². The molecule has 0 aliphatic rings. The molecular weight excluding hydrogens is 430 g/mol. The number of carboxylic acid groups (broad SMARTS) is 2. The van der Waals surface area contributed by atoms with Gasteiger partial charge in [-0.05, 0) is 12.8 Å². The highest BCUT2D eigenvalue weighted by molar-refractivity contribution is 8.00. The van der Waals surface area contributed by atoms with E-state index in [1.54, 1.807) is 0 Å². The molecule has 0 radical (unpaired) electrons. The Labute approximate surface area is 185 Å². The highest BCUT2D eigenvalue weighted by atomic mass is 32.2. The molecule has 2 amide bonds. The monoisotopic (exact) mass is 463 g/mol. The van der Waals surface area contributed by atoms with Gasteiger partial charge in [0.2, 0.25) is 11.8 Å². The molecule has 0 aliphatic heterocycles. The smallest absolute Gasteiger partial charge is 0.322 e. The van der Waals surface area contributed by atoms with Crippen LogP contribution in [-0.2, 0) is 24.0 Å². The molecule has 178 valence electrons. The lowest BCUT2D eigenvalue weighted by atomic mass is 10.1. The number of hydrogen-bond acceptors (Lipinski definition) is 8. The van der Waals surface area contributed by atoms with E-state index >= 15 is 0 Å². The molecule has 31 heavy (non-hydrogen) atoms. The van der Waals surface area contributed by atoms with Crippen molar-refractivity contribution in [1.82, 2.24) is 10.6 Å². The number of amides is 2. The molecule has 12 heteroatoms. The molecular formula is C19H33N3O8S. The molecule has 2 unspecified atom stereocenters. The zero-order chi connectivity index (χ0) is 23.8. The first kappa shape index (κ1) is 28.8. The summed E-state index contributed by atoms with van der Waals surface area (Å²) in [6, 6.07) is -2.36. The van der Waals surface area contributed by atoms with Crippen molar-refractivity contribution in [2.45, 2.75) is 75.3 Å². The minimum absolute atomic E-state index is 0.00841. The van der Waals surface area contributed by atoms with Gasteiger partial charge in [0, 0.05) is 23.8 Å². The van der Waals surface area contributed by atoms with Crippen LogP contribution in [0.1, 0.15) is 51.9 Å². The normalized spacial score (nSPS) is 14.7. The first-order valence-electron chi connectivity index (χ1n) is 10.1. The van der Waals surface area contributed by atoms with Crippen LogP contribution in [0.15, 0.2) is 0 Å². The van der Waals surface area contributed by atoms with E-state index < -0.39 is 53.7 Å². The molecule has 11 nitrogen and oxygen atoms in total. The maximum atomic E-state index is 12.3. The Balaban J connectivity index is 5.02. The molecule has 4 atom stereocenters. The number of aliphatic hydroxyl groups excluding tert-OH is 1. The van der Waals surface area contributed by atoms with Crippen LogP contribution in [0.5, 0.6) is 0 Å². The summed E-state index contributed by atoms with van der Waals surface area (Å²) in [6.07, 6.45) is 2.78. The summed E-state index contributed by atoms with van der Waals surface area (Å²) in [6.45, 7) is 1.38. The molecule has 0 aromatic carbocycles. The second-order valence-corrected chi connectivity index (χ2v) is 8.32. The van der Waals surface area contributed by atoms with E-state index in [9.17, 15) is 29.1 Å². The number of nitrogens with one attached hydrogen (secondary N) is 2. The van der Waals surface area contributed by atoms with Crippen LogP contribution in [0, 0.1) is 0 Å². The number of aliphatic hydroxyl groups is 1. The average Bonchev–Trinajstić information content (AvgIpc) is 2.71. The summed E-state index contributed by atoms with van der Waals surface area (Å²) in [7, 11) is 0. The van der Waals surface area contributed by atoms with E-state index in [0.29, 0.717) is 12.7 Å². The molecule has 0 saturated heterocycles. The molecule has 0 saturated carbocycles. The van der Waals surface area contributed by atoms with Crippen LogP contribution < -0.4 is 16.4 Å². The lowest BCUT2D eigenvalue weighted by molar-refractivity contribution is -0.139. The second-order valence-electron chi connectivity index (χ2n) is 7.05. The molecule has 0 spiro atoms. The van der Waals surface area contributed by atoms with Crippen LogP contribution >= 0.6 is 11.8 Å². The highest BCUT2D eigenvalue weighted by Gasteiger charge is 2.26. The predicted molar refractivity (Wildman–Crippen MR) is 114 cm³/mol. The Morgan fingerprint density at radius 3 is 2.35 bits per heavy atom. The van der Waals surface area contributed by atoms with Crippen molar-refractivity contribution in [3.63, 3.8) is 0 Å². The summed E-state index contributed by atoms with van der Waals surface area (Å²) in [5.74, 6) is -3.89. The van der Waals surface area contributed by atoms with Gasteiger partial charge in [-0.3, -0.25) is 19.2 Å². The molecule has 7 N–H and O–H groups in total. The van der Waals surface area contributed by atoms with E-state index in [4.69, 9.17) is 15.9 Å². The minimum atomic E-state index is -1.26. The summed E-state index contributed by atoms with van der Waals surface area (Å²) < 4.78 is 0.